The number of nitrogens with two attached hydrogens (primary N) is 1. The molecule has 3 heterocycles. The van der Waals surface area contributed by atoms with Crippen molar-refractivity contribution < 1.29 is 19.1 Å². The van der Waals surface area contributed by atoms with Gasteiger partial charge in [0.05, 0.1) is 5.69 Å². The lowest BCUT2D eigenvalue weighted by Gasteiger charge is -2.20. The van der Waals surface area contributed by atoms with Crippen molar-refractivity contribution in [3.8, 4) is 0 Å². The molecule has 2 saturated heterocycles. The molecule has 0 aromatic carbocycles. The predicted octanol–water partition coefficient (Wildman–Crippen LogP) is 1.60. The normalized spacial score (nSPS) is 35.4. The number of anilines is 1. The van der Waals surface area contributed by atoms with E-state index < -0.39 is 28.6 Å². The Balaban J connectivity index is 1.99. The first-order chi connectivity index (χ1) is 9.17. The van der Waals surface area contributed by atoms with Gasteiger partial charge in [-0.2, -0.15) is 0 Å². The number of nitrogen functional groups attached to an aromatic ring is 1. The second kappa shape index (κ2) is 3.72. The van der Waals surface area contributed by atoms with Gasteiger partial charge in [0, 0.05) is 18.2 Å². The molecule has 0 radical (unpaired) electrons. The molecule has 0 bridgehead atoms. The van der Waals surface area contributed by atoms with Crippen LogP contribution in [0.5, 0.6) is 0 Å². The molecule has 1 spiro atoms. The van der Waals surface area contributed by atoms with Gasteiger partial charge in [0.15, 0.2) is 16.1 Å². The standard InChI is InChI=1S/C13H16N2O4S/c1-11(2)5-13(8(16)18-11)6-12(3,19-9(13)17)7-4-20-10(14)15-7/h4H,5-6H2,1-3H3,(H2,14,15)/t12-,13-/m0/s1. The Kier molecular flexibility index (Phi) is 2.48. The van der Waals surface area contributed by atoms with Gasteiger partial charge in [0.2, 0.25) is 0 Å². The molecule has 2 aliphatic heterocycles. The van der Waals surface area contributed by atoms with Crippen LogP contribution in [0, 0.1) is 5.41 Å². The zero-order valence-corrected chi connectivity index (χ0v) is 12.4. The van der Waals surface area contributed by atoms with Gasteiger partial charge in [-0.05, 0) is 20.8 Å². The van der Waals surface area contributed by atoms with E-state index >= 15 is 0 Å². The third-order valence-electron chi connectivity index (χ3n) is 3.90. The molecule has 0 amide bonds. The maximum absolute atomic E-state index is 12.3. The fraction of sp³-hybridized carbons (Fsp3) is 0.615. The Morgan fingerprint density at radius 2 is 1.85 bits per heavy atom. The van der Waals surface area contributed by atoms with Crippen molar-refractivity contribution in [1.29, 1.82) is 0 Å². The molecule has 6 nitrogen and oxygen atoms in total. The quantitative estimate of drug-likeness (QED) is 0.625. The molecule has 0 aliphatic carbocycles. The van der Waals surface area contributed by atoms with Crippen LogP contribution in [0.15, 0.2) is 5.38 Å². The average molecular weight is 296 g/mol. The van der Waals surface area contributed by atoms with Crippen LogP contribution >= 0.6 is 11.3 Å². The number of carbonyl (C=O) groups is 2. The van der Waals surface area contributed by atoms with E-state index in [1.165, 1.54) is 11.3 Å². The SMILES string of the molecule is CC1(C)C[C@]2(C[C@@](C)(c3csc(N)n3)OC2=O)C(=O)O1. The maximum Gasteiger partial charge on any atom is 0.324 e. The summed E-state index contributed by atoms with van der Waals surface area (Å²) in [5.74, 6) is -1.03. The highest BCUT2D eigenvalue weighted by atomic mass is 32.1. The highest BCUT2D eigenvalue weighted by molar-refractivity contribution is 7.13. The van der Waals surface area contributed by atoms with Crippen LogP contribution in [0.25, 0.3) is 0 Å². The lowest BCUT2D eigenvalue weighted by molar-refractivity contribution is -0.161. The smallest absolute Gasteiger partial charge is 0.324 e. The zero-order valence-electron chi connectivity index (χ0n) is 11.6. The van der Waals surface area contributed by atoms with E-state index in [4.69, 9.17) is 15.2 Å². The van der Waals surface area contributed by atoms with E-state index in [9.17, 15) is 9.59 Å². The van der Waals surface area contributed by atoms with Crippen molar-refractivity contribution >= 4 is 28.4 Å². The van der Waals surface area contributed by atoms with Crippen LogP contribution in [0.2, 0.25) is 0 Å². The van der Waals surface area contributed by atoms with Gasteiger partial charge < -0.3 is 15.2 Å². The monoisotopic (exact) mass is 296 g/mol. The summed E-state index contributed by atoms with van der Waals surface area (Å²) in [6.45, 7) is 5.35. The minimum absolute atomic E-state index is 0.240. The van der Waals surface area contributed by atoms with Crippen molar-refractivity contribution in [2.24, 2.45) is 5.41 Å². The van der Waals surface area contributed by atoms with Crippen LogP contribution < -0.4 is 5.73 Å². The third-order valence-corrected chi connectivity index (χ3v) is 4.57. The summed E-state index contributed by atoms with van der Waals surface area (Å²) in [4.78, 5) is 28.7. The zero-order chi connectivity index (χ0) is 14.8. The van der Waals surface area contributed by atoms with Gasteiger partial charge in [-0.15, -0.1) is 11.3 Å². The minimum atomic E-state index is -1.21. The topological polar surface area (TPSA) is 91.5 Å². The minimum Gasteiger partial charge on any atom is -0.459 e. The van der Waals surface area contributed by atoms with Crippen molar-refractivity contribution in [1.82, 2.24) is 4.98 Å². The van der Waals surface area contributed by atoms with Crippen LogP contribution in [-0.2, 0) is 24.7 Å². The Hall–Kier alpha value is -1.63. The van der Waals surface area contributed by atoms with Crippen LogP contribution in [0.3, 0.4) is 0 Å². The number of carbonyl (C=O) groups excluding carboxylic acids is 2. The number of rotatable bonds is 1. The molecule has 7 heteroatoms. The molecule has 3 rings (SSSR count). The lowest BCUT2D eigenvalue weighted by atomic mass is 9.75. The fourth-order valence-corrected chi connectivity index (χ4v) is 3.82. The first kappa shape index (κ1) is 13.4. The molecule has 2 aliphatic rings. The molecule has 2 atom stereocenters. The number of cyclic esters (lactones) is 2. The number of aromatic nitrogens is 1. The number of esters is 2. The Bertz CT molecular complexity index is 611. The first-order valence-corrected chi connectivity index (χ1v) is 7.23. The third kappa shape index (κ3) is 1.72. The van der Waals surface area contributed by atoms with Gasteiger partial charge in [0.25, 0.3) is 0 Å². The predicted molar refractivity (Wildman–Crippen MR) is 71.8 cm³/mol. The van der Waals surface area contributed by atoms with Gasteiger partial charge in [-0.1, -0.05) is 0 Å². The molecule has 1 aromatic rings. The van der Waals surface area contributed by atoms with Gasteiger partial charge >= 0.3 is 11.9 Å². The number of ether oxygens (including phenoxy) is 2. The second-order valence-corrected chi connectivity index (χ2v) is 7.17. The molecule has 108 valence electrons. The maximum atomic E-state index is 12.3. The van der Waals surface area contributed by atoms with E-state index in [1.807, 2.05) is 0 Å². The second-order valence-electron chi connectivity index (χ2n) is 6.28. The molecular weight excluding hydrogens is 280 g/mol. The van der Waals surface area contributed by atoms with Crippen LogP contribution in [-0.4, -0.2) is 22.5 Å². The average Bonchev–Trinajstić information content (AvgIpc) is 2.88. The number of nitrogens with zero attached hydrogens (tertiary/aromatic N) is 1. The van der Waals surface area contributed by atoms with E-state index in [2.05, 4.69) is 4.98 Å². The summed E-state index contributed by atoms with van der Waals surface area (Å²) in [6, 6.07) is 0. The number of hydrogen-bond donors (Lipinski definition) is 1. The fourth-order valence-electron chi connectivity index (χ4n) is 3.13. The lowest BCUT2D eigenvalue weighted by Crippen LogP contribution is -2.32. The molecule has 20 heavy (non-hydrogen) atoms. The Labute approximate surface area is 120 Å². The van der Waals surface area contributed by atoms with Crippen LogP contribution in [0.4, 0.5) is 5.13 Å². The number of hydrogen-bond acceptors (Lipinski definition) is 7. The highest BCUT2D eigenvalue weighted by Gasteiger charge is 2.67. The summed E-state index contributed by atoms with van der Waals surface area (Å²) in [5, 5.41) is 2.17. The van der Waals surface area contributed by atoms with Crippen LogP contribution in [0.1, 0.15) is 39.3 Å². The van der Waals surface area contributed by atoms with Gasteiger partial charge in [0.1, 0.15) is 5.60 Å². The molecule has 0 saturated carbocycles. The van der Waals surface area contributed by atoms with Crippen molar-refractivity contribution in [3.05, 3.63) is 11.1 Å². The van der Waals surface area contributed by atoms with E-state index in [0.717, 1.165) is 0 Å². The molecule has 1 aromatic heterocycles. The van der Waals surface area contributed by atoms with Crippen molar-refractivity contribution in [2.75, 3.05) is 5.73 Å². The Morgan fingerprint density at radius 3 is 2.35 bits per heavy atom. The van der Waals surface area contributed by atoms with Gasteiger partial charge in [-0.25, -0.2) is 4.98 Å². The first-order valence-electron chi connectivity index (χ1n) is 6.35. The summed E-state index contributed by atoms with van der Waals surface area (Å²) in [7, 11) is 0. The molecule has 2 fully saturated rings. The van der Waals surface area contributed by atoms with Crippen molar-refractivity contribution in [2.45, 2.75) is 44.8 Å². The van der Waals surface area contributed by atoms with E-state index in [0.29, 0.717) is 17.2 Å². The summed E-state index contributed by atoms with van der Waals surface area (Å²) in [6.07, 6.45) is 0.567. The largest absolute Gasteiger partial charge is 0.459 e. The molecule has 2 N–H and O–H groups in total. The molecular formula is C13H16N2O4S. The van der Waals surface area contributed by atoms with E-state index in [-0.39, 0.29) is 6.42 Å². The summed E-state index contributed by atoms with van der Waals surface area (Å²) in [5.41, 5.74) is 3.43. The summed E-state index contributed by atoms with van der Waals surface area (Å²) < 4.78 is 10.8. The number of thiazole rings is 1. The highest BCUT2D eigenvalue weighted by Crippen LogP contribution is 2.54. The molecule has 0 unspecified atom stereocenters. The van der Waals surface area contributed by atoms with E-state index in [1.54, 1.807) is 26.2 Å². The summed E-state index contributed by atoms with van der Waals surface area (Å²) >= 11 is 1.28. The van der Waals surface area contributed by atoms with Crippen molar-refractivity contribution in [3.63, 3.8) is 0 Å². The van der Waals surface area contributed by atoms with Gasteiger partial charge in [-0.3, -0.25) is 9.59 Å². The Morgan fingerprint density at radius 1 is 1.20 bits per heavy atom.